The fourth-order valence-corrected chi connectivity index (χ4v) is 9.11. The van der Waals surface area contributed by atoms with Gasteiger partial charge in [0.2, 0.25) is 0 Å². The van der Waals surface area contributed by atoms with Crippen LogP contribution in [-0.2, 0) is 10.8 Å². The normalized spacial score (nSPS) is 15.3. The van der Waals surface area contributed by atoms with Crippen molar-refractivity contribution < 1.29 is 0 Å². The minimum atomic E-state index is -0.104. The molecule has 0 amide bonds. The van der Waals surface area contributed by atoms with Crippen LogP contribution in [0.15, 0.2) is 97.1 Å². The highest BCUT2D eigenvalue weighted by Gasteiger charge is 2.42. The van der Waals surface area contributed by atoms with E-state index in [1.54, 1.807) is 0 Å². The second kappa shape index (κ2) is 8.89. The van der Waals surface area contributed by atoms with Gasteiger partial charge in [-0.3, -0.25) is 0 Å². The second-order valence-electron chi connectivity index (χ2n) is 13.1. The van der Waals surface area contributed by atoms with Crippen LogP contribution in [0.1, 0.15) is 59.7 Å². The molecule has 42 heavy (non-hydrogen) atoms. The van der Waals surface area contributed by atoms with Crippen molar-refractivity contribution in [3.63, 3.8) is 0 Å². The molecule has 2 aliphatic carbocycles. The molecule has 0 fully saturated rings. The Morgan fingerprint density at radius 3 is 1.67 bits per heavy atom. The van der Waals surface area contributed by atoms with Crippen molar-refractivity contribution in [2.75, 3.05) is 0 Å². The average Bonchev–Trinajstić information content (AvgIpc) is 3.72. The minimum absolute atomic E-state index is 0.0732. The Morgan fingerprint density at radius 1 is 0.429 bits per heavy atom. The van der Waals surface area contributed by atoms with Gasteiger partial charge in [-0.1, -0.05) is 70.2 Å². The topological polar surface area (TPSA) is 0 Å². The molecule has 2 heterocycles. The molecule has 0 N–H and O–H groups in total. The third-order valence-corrected chi connectivity index (χ3v) is 11.8. The summed E-state index contributed by atoms with van der Waals surface area (Å²) in [7, 11) is 0. The van der Waals surface area contributed by atoms with E-state index in [0.29, 0.717) is 0 Å². The molecule has 4 aromatic carbocycles. The third kappa shape index (κ3) is 3.65. The lowest BCUT2D eigenvalue weighted by molar-refractivity contribution is 0.652. The van der Waals surface area contributed by atoms with E-state index < -0.39 is 0 Å². The number of fused-ring (bicyclic) bond motifs is 6. The Labute approximate surface area is 257 Å². The number of thiophene rings is 2. The van der Waals surface area contributed by atoms with Gasteiger partial charge >= 0.3 is 0 Å². The number of benzene rings is 4. The van der Waals surface area contributed by atoms with E-state index in [1.165, 1.54) is 86.3 Å². The van der Waals surface area contributed by atoms with Gasteiger partial charge in [0.1, 0.15) is 0 Å². The quantitative estimate of drug-likeness (QED) is 0.196. The summed E-state index contributed by atoms with van der Waals surface area (Å²) >= 11 is 3.77. The van der Waals surface area contributed by atoms with Gasteiger partial charge in [0.25, 0.3) is 0 Å². The Balaban J connectivity index is 1.36. The molecular weight excluding hydrogens is 545 g/mol. The maximum absolute atomic E-state index is 2.55. The van der Waals surface area contributed by atoms with Crippen LogP contribution in [-0.4, -0.2) is 0 Å². The van der Waals surface area contributed by atoms with Gasteiger partial charge in [0.15, 0.2) is 0 Å². The van der Waals surface area contributed by atoms with E-state index in [1.807, 2.05) is 22.7 Å². The molecule has 0 spiro atoms. The van der Waals surface area contributed by atoms with Gasteiger partial charge in [-0.15, -0.1) is 22.7 Å². The molecule has 0 nitrogen and oxygen atoms in total. The van der Waals surface area contributed by atoms with Crippen molar-refractivity contribution >= 4 is 22.7 Å². The monoisotopic (exact) mass is 578 g/mol. The highest BCUT2D eigenvalue weighted by atomic mass is 32.1. The van der Waals surface area contributed by atoms with Crippen LogP contribution in [0.2, 0.25) is 0 Å². The first-order valence-electron chi connectivity index (χ1n) is 14.8. The molecule has 0 unspecified atom stereocenters. The summed E-state index contributed by atoms with van der Waals surface area (Å²) in [5.74, 6) is 0. The molecule has 2 aliphatic rings. The van der Waals surface area contributed by atoms with E-state index in [4.69, 9.17) is 0 Å². The SMILES string of the molecule is Cc1ccc(-c2ccc3c(c2)C(C)(C)c2cc4c(cc2-3)C(C)(C)c2cc(-c3ccc(C)s3)cc(-c3ccccc3)c2-4)s1. The van der Waals surface area contributed by atoms with E-state index >= 15 is 0 Å². The fraction of sp³-hybridized carbons (Fsp3) is 0.200. The Bertz CT molecular complexity index is 2050. The van der Waals surface area contributed by atoms with Crippen LogP contribution < -0.4 is 0 Å². The van der Waals surface area contributed by atoms with Crippen LogP contribution in [0.4, 0.5) is 0 Å². The molecule has 0 saturated heterocycles. The van der Waals surface area contributed by atoms with Crippen LogP contribution in [0.25, 0.3) is 54.3 Å². The Kier molecular flexibility index (Phi) is 5.49. The van der Waals surface area contributed by atoms with E-state index in [9.17, 15) is 0 Å². The van der Waals surface area contributed by atoms with Gasteiger partial charge in [-0.2, -0.15) is 0 Å². The summed E-state index contributed by atoms with van der Waals surface area (Å²) in [6, 6.07) is 37.2. The largest absolute Gasteiger partial charge is 0.141 e. The predicted octanol–water partition coefficient (Wildman–Crippen LogP) is 12.0. The van der Waals surface area contributed by atoms with Crippen LogP contribution in [0.3, 0.4) is 0 Å². The zero-order valence-electron chi connectivity index (χ0n) is 25.1. The Morgan fingerprint density at radius 2 is 1.00 bits per heavy atom. The number of rotatable bonds is 3. The lowest BCUT2D eigenvalue weighted by Crippen LogP contribution is -2.17. The molecule has 0 bridgehead atoms. The maximum Gasteiger partial charge on any atom is 0.0345 e. The standard InChI is InChI=1S/C40H34S2/c1-23-12-16-36(41-23)26-14-15-28-30-21-34-31(22-33(30)39(3,4)32(28)19-26)38-29(25-10-8-7-9-11-25)18-27(20-35(38)40(34,5)6)37-17-13-24(2)42-37/h7-22H,1-6H3. The van der Waals surface area contributed by atoms with Crippen molar-refractivity contribution in [1.29, 1.82) is 0 Å². The van der Waals surface area contributed by atoms with E-state index in [2.05, 4.69) is 139 Å². The predicted molar refractivity (Wildman–Crippen MR) is 183 cm³/mol. The average molecular weight is 579 g/mol. The lowest BCUT2D eigenvalue weighted by Gasteiger charge is -2.24. The summed E-state index contributed by atoms with van der Waals surface area (Å²) < 4.78 is 0. The molecule has 0 atom stereocenters. The fourth-order valence-electron chi connectivity index (χ4n) is 7.40. The summed E-state index contributed by atoms with van der Waals surface area (Å²) in [6.07, 6.45) is 0. The highest BCUT2D eigenvalue weighted by Crippen LogP contribution is 2.58. The van der Waals surface area contributed by atoms with Crippen molar-refractivity contribution in [3.8, 4) is 54.3 Å². The summed E-state index contributed by atoms with van der Waals surface area (Å²) in [4.78, 5) is 5.40. The molecule has 8 rings (SSSR count). The van der Waals surface area contributed by atoms with E-state index in [0.717, 1.165) is 0 Å². The molecule has 0 saturated carbocycles. The third-order valence-electron chi connectivity index (χ3n) is 9.70. The molecule has 0 aliphatic heterocycles. The van der Waals surface area contributed by atoms with Crippen LogP contribution in [0, 0.1) is 13.8 Å². The highest BCUT2D eigenvalue weighted by molar-refractivity contribution is 7.15. The maximum atomic E-state index is 2.55. The first-order chi connectivity index (χ1) is 20.1. The number of hydrogen-bond donors (Lipinski definition) is 0. The summed E-state index contributed by atoms with van der Waals surface area (Å²) in [6.45, 7) is 14.1. The molecule has 2 heteroatoms. The van der Waals surface area contributed by atoms with Gasteiger partial charge in [-0.25, -0.2) is 0 Å². The first-order valence-corrected chi connectivity index (χ1v) is 16.5. The van der Waals surface area contributed by atoms with Crippen molar-refractivity contribution in [1.82, 2.24) is 0 Å². The Hall–Kier alpha value is -3.72. The zero-order valence-corrected chi connectivity index (χ0v) is 26.7. The van der Waals surface area contributed by atoms with Crippen LogP contribution >= 0.6 is 22.7 Å². The smallest absolute Gasteiger partial charge is 0.0345 e. The van der Waals surface area contributed by atoms with Crippen molar-refractivity contribution in [3.05, 3.63) is 129 Å². The van der Waals surface area contributed by atoms with E-state index in [-0.39, 0.29) is 10.8 Å². The van der Waals surface area contributed by atoms with Crippen molar-refractivity contribution in [2.24, 2.45) is 0 Å². The van der Waals surface area contributed by atoms with Gasteiger partial charge in [-0.05, 0) is 135 Å². The number of aryl methyl sites for hydroxylation is 2. The summed E-state index contributed by atoms with van der Waals surface area (Å²) in [5, 5.41) is 0. The van der Waals surface area contributed by atoms with Gasteiger partial charge in [0.05, 0.1) is 0 Å². The summed E-state index contributed by atoms with van der Waals surface area (Å²) in [5.41, 5.74) is 16.4. The molecule has 2 aromatic heterocycles. The van der Waals surface area contributed by atoms with Crippen LogP contribution in [0.5, 0.6) is 0 Å². The molecular formula is C40H34S2. The van der Waals surface area contributed by atoms with Gasteiger partial charge in [0, 0.05) is 30.3 Å². The minimum Gasteiger partial charge on any atom is -0.141 e. The van der Waals surface area contributed by atoms with Gasteiger partial charge < -0.3 is 0 Å². The zero-order chi connectivity index (χ0) is 29.0. The van der Waals surface area contributed by atoms with Crippen molar-refractivity contribution in [2.45, 2.75) is 52.4 Å². The molecule has 0 radical (unpaired) electrons. The molecule has 206 valence electrons. The lowest BCUT2D eigenvalue weighted by atomic mass is 9.79. The first kappa shape index (κ1) is 25.9. The second-order valence-corrected chi connectivity index (χ2v) is 15.7. The molecule has 6 aromatic rings. The number of hydrogen-bond acceptors (Lipinski definition) is 2.